The second-order valence-corrected chi connectivity index (χ2v) is 6.39. The monoisotopic (exact) mass is 354 g/mol. The number of amides is 2. The van der Waals surface area contributed by atoms with E-state index in [2.05, 4.69) is 15.3 Å². The smallest absolute Gasteiger partial charge is 0.264 e. The fraction of sp³-hybridized carbons (Fsp3) is 0.368. The van der Waals surface area contributed by atoms with Crippen LogP contribution in [0.2, 0.25) is 0 Å². The number of aromatic amines is 1. The Morgan fingerprint density at radius 1 is 1.31 bits per heavy atom. The molecule has 0 saturated carbocycles. The quantitative estimate of drug-likeness (QED) is 0.869. The van der Waals surface area contributed by atoms with E-state index in [1.807, 2.05) is 38.1 Å². The van der Waals surface area contributed by atoms with Crippen LogP contribution in [0, 0.1) is 6.92 Å². The fourth-order valence-corrected chi connectivity index (χ4v) is 3.13. The van der Waals surface area contributed by atoms with Crippen LogP contribution in [0.25, 0.3) is 11.4 Å². The molecule has 1 atom stereocenters. The molecule has 136 valence electrons. The summed E-state index contributed by atoms with van der Waals surface area (Å²) < 4.78 is 0. The molecule has 1 saturated heterocycles. The first-order valence-electron chi connectivity index (χ1n) is 8.76. The highest BCUT2D eigenvalue weighted by Crippen LogP contribution is 2.20. The summed E-state index contributed by atoms with van der Waals surface area (Å²) in [5.41, 5.74) is 1.33. The Balaban J connectivity index is 1.85. The van der Waals surface area contributed by atoms with Gasteiger partial charge >= 0.3 is 0 Å². The van der Waals surface area contributed by atoms with Crippen molar-refractivity contribution in [3.63, 3.8) is 0 Å². The predicted octanol–water partition coefficient (Wildman–Crippen LogP) is 1.49. The van der Waals surface area contributed by atoms with Crippen LogP contribution >= 0.6 is 0 Å². The summed E-state index contributed by atoms with van der Waals surface area (Å²) >= 11 is 0. The Kier molecular flexibility index (Phi) is 5.16. The van der Waals surface area contributed by atoms with E-state index in [1.54, 1.807) is 0 Å². The molecule has 2 N–H and O–H groups in total. The topological polar surface area (TPSA) is 95.2 Å². The van der Waals surface area contributed by atoms with Crippen LogP contribution in [0.3, 0.4) is 0 Å². The molecule has 7 heteroatoms. The summed E-state index contributed by atoms with van der Waals surface area (Å²) in [6, 6.07) is 7.05. The van der Waals surface area contributed by atoms with Crippen LogP contribution in [0.15, 0.2) is 35.3 Å². The van der Waals surface area contributed by atoms with E-state index >= 15 is 0 Å². The number of aromatic nitrogens is 2. The molecule has 0 spiro atoms. The lowest BCUT2D eigenvalue weighted by atomic mass is 10.1. The average Bonchev–Trinajstić information content (AvgIpc) is 3.12. The number of hydrogen-bond acceptors (Lipinski definition) is 4. The maximum absolute atomic E-state index is 12.8. The number of nitrogens with zero attached hydrogens (tertiary/aromatic N) is 2. The molecule has 0 unspecified atom stereocenters. The Morgan fingerprint density at radius 2 is 2.04 bits per heavy atom. The summed E-state index contributed by atoms with van der Waals surface area (Å²) in [5.74, 6) is -0.227. The number of benzene rings is 1. The van der Waals surface area contributed by atoms with Gasteiger partial charge in [0.15, 0.2) is 0 Å². The third-order valence-electron chi connectivity index (χ3n) is 4.52. The minimum absolute atomic E-state index is 0.0444. The van der Waals surface area contributed by atoms with Gasteiger partial charge in [-0.05, 0) is 26.7 Å². The van der Waals surface area contributed by atoms with E-state index in [0.717, 1.165) is 17.5 Å². The Labute approximate surface area is 151 Å². The van der Waals surface area contributed by atoms with E-state index in [4.69, 9.17) is 0 Å². The van der Waals surface area contributed by atoms with E-state index in [9.17, 15) is 14.4 Å². The average molecular weight is 354 g/mol. The molecule has 1 aliphatic heterocycles. The van der Waals surface area contributed by atoms with E-state index in [-0.39, 0.29) is 11.5 Å². The fourth-order valence-electron chi connectivity index (χ4n) is 3.13. The van der Waals surface area contributed by atoms with Gasteiger partial charge in [0.2, 0.25) is 5.91 Å². The highest BCUT2D eigenvalue weighted by molar-refractivity contribution is 5.97. The van der Waals surface area contributed by atoms with Crippen molar-refractivity contribution in [3.05, 3.63) is 51.9 Å². The predicted molar refractivity (Wildman–Crippen MR) is 97.8 cm³/mol. The SMILES string of the molecule is CCNC(=O)[C@@H]1CCCN1C(=O)c1cnc(-c2ccc(C)cc2)[nH]c1=O. The molecule has 2 aromatic rings. The molecular weight excluding hydrogens is 332 g/mol. The lowest BCUT2D eigenvalue weighted by Gasteiger charge is -2.23. The van der Waals surface area contributed by atoms with Gasteiger partial charge in [-0.3, -0.25) is 14.4 Å². The van der Waals surface area contributed by atoms with Crippen LogP contribution in [0.1, 0.15) is 35.7 Å². The van der Waals surface area contributed by atoms with Crippen LogP contribution in [0.4, 0.5) is 0 Å². The molecule has 2 heterocycles. The lowest BCUT2D eigenvalue weighted by Crippen LogP contribution is -2.47. The van der Waals surface area contributed by atoms with Gasteiger partial charge in [-0.1, -0.05) is 29.8 Å². The van der Waals surface area contributed by atoms with Crippen molar-refractivity contribution >= 4 is 11.8 Å². The van der Waals surface area contributed by atoms with Gasteiger partial charge in [0.05, 0.1) is 0 Å². The van der Waals surface area contributed by atoms with Gasteiger partial charge in [0.25, 0.3) is 11.5 Å². The summed E-state index contributed by atoms with van der Waals surface area (Å²) in [5, 5.41) is 2.74. The standard InChI is InChI=1S/C19H22N4O3/c1-3-20-18(25)15-5-4-10-23(15)19(26)14-11-21-16(22-17(14)24)13-8-6-12(2)7-9-13/h6-9,11,15H,3-5,10H2,1-2H3,(H,20,25)(H,21,22,24)/t15-/m0/s1. The van der Waals surface area contributed by atoms with Gasteiger partial charge in [-0.15, -0.1) is 0 Å². The van der Waals surface area contributed by atoms with Crippen LogP contribution < -0.4 is 10.9 Å². The van der Waals surface area contributed by atoms with Gasteiger partial charge < -0.3 is 15.2 Å². The molecule has 7 nitrogen and oxygen atoms in total. The van der Waals surface area contributed by atoms with Crippen LogP contribution in [-0.2, 0) is 4.79 Å². The third kappa shape index (κ3) is 3.51. The van der Waals surface area contributed by atoms with E-state index in [0.29, 0.717) is 25.3 Å². The second kappa shape index (κ2) is 7.51. The zero-order valence-electron chi connectivity index (χ0n) is 14.9. The third-order valence-corrected chi connectivity index (χ3v) is 4.52. The number of hydrogen-bond donors (Lipinski definition) is 2. The maximum Gasteiger partial charge on any atom is 0.264 e. The number of nitrogens with one attached hydrogen (secondary N) is 2. The zero-order chi connectivity index (χ0) is 18.7. The van der Waals surface area contributed by atoms with Crippen molar-refractivity contribution in [1.29, 1.82) is 0 Å². The Bertz CT molecular complexity index is 873. The van der Waals surface area contributed by atoms with Gasteiger partial charge in [0.1, 0.15) is 17.4 Å². The van der Waals surface area contributed by atoms with Crippen LogP contribution in [0.5, 0.6) is 0 Å². The Morgan fingerprint density at radius 3 is 2.69 bits per heavy atom. The van der Waals surface area contributed by atoms with Crippen molar-refractivity contribution in [2.45, 2.75) is 32.7 Å². The molecule has 0 bridgehead atoms. The number of aryl methyl sites for hydroxylation is 1. The Hall–Kier alpha value is -2.96. The van der Waals surface area contributed by atoms with Crippen molar-refractivity contribution in [1.82, 2.24) is 20.2 Å². The van der Waals surface area contributed by atoms with Crippen molar-refractivity contribution in [2.75, 3.05) is 13.1 Å². The van der Waals surface area contributed by atoms with Gasteiger partial charge in [0, 0.05) is 24.8 Å². The summed E-state index contributed by atoms with van der Waals surface area (Å²) in [6.45, 7) is 4.77. The molecule has 26 heavy (non-hydrogen) atoms. The molecule has 0 radical (unpaired) electrons. The first kappa shape index (κ1) is 17.8. The van der Waals surface area contributed by atoms with Crippen LogP contribution in [-0.4, -0.2) is 45.8 Å². The molecule has 1 aliphatic rings. The maximum atomic E-state index is 12.8. The minimum Gasteiger partial charge on any atom is -0.355 e. The molecule has 2 amide bonds. The number of likely N-dealkylation sites (N-methyl/N-ethyl adjacent to an activating group) is 1. The number of carbonyl (C=O) groups excluding carboxylic acids is 2. The zero-order valence-corrected chi connectivity index (χ0v) is 14.9. The van der Waals surface area contributed by atoms with Gasteiger partial charge in [-0.25, -0.2) is 4.98 Å². The molecule has 3 rings (SSSR count). The largest absolute Gasteiger partial charge is 0.355 e. The molecule has 0 aliphatic carbocycles. The highest BCUT2D eigenvalue weighted by atomic mass is 16.2. The number of carbonyl (C=O) groups is 2. The molecular formula is C19H22N4O3. The first-order chi connectivity index (χ1) is 12.5. The summed E-state index contributed by atoms with van der Waals surface area (Å²) in [6.07, 6.45) is 2.63. The first-order valence-corrected chi connectivity index (χ1v) is 8.76. The number of likely N-dealkylation sites (tertiary alicyclic amines) is 1. The lowest BCUT2D eigenvalue weighted by molar-refractivity contribution is -0.124. The van der Waals surface area contributed by atoms with Crippen molar-refractivity contribution < 1.29 is 9.59 Å². The van der Waals surface area contributed by atoms with Crippen molar-refractivity contribution in [3.8, 4) is 11.4 Å². The van der Waals surface area contributed by atoms with E-state index in [1.165, 1.54) is 11.1 Å². The molecule has 1 aromatic heterocycles. The summed E-state index contributed by atoms with van der Waals surface area (Å²) in [7, 11) is 0. The van der Waals surface area contributed by atoms with Gasteiger partial charge in [-0.2, -0.15) is 0 Å². The highest BCUT2D eigenvalue weighted by Gasteiger charge is 2.35. The normalized spacial score (nSPS) is 16.5. The number of H-pyrrole nitrogens is 1. The van der Waals surface area contributed by atoms with Crippen molar-refractivity contribution in [2.24, 2.45) is 0 Å². The second-order valence-electron chi connectivity index (χ2n) is 6.39. The number of rotatable bonds is 4. The van der Waals surface area contributed by atoms with E-state index < -0.39 is 17.5 Å². The summed E-state index contributed by atoms with van der Waals surface area (Å²) in [4.78, 5) is 45.7. The molecule has 1 aromatic carbocycles. The molecule has 1 fully saturated rings. The minimum atomic E-state index is -0.529.